The Labute approximate surface area is 99.9 Å². The maximum absolute atomic E-state index is 11.3. The molecule has 0 aromatic rings. The maximum Gasteiger partial charge on any atom is 0.316 e. The van der Waals surface area contributed by atoms with Crippen molar-refractivity contribution in [1.82, 2.24) is 0 Å². The second kappa shape index (κ2) is 3.47. The summed E-state index contributed by atoms with van der Waals surface area (Å²) in [4.78, 5) is 11.3. The van der Waals surface area contributed by atoms with Gasteiger partial charge in [-0.1, -0.05) is 36.7 Å². The summed E-state index contributed by atoms with van der Waals surface area (Å²) in [6.45, 7) is 6.94. The molecule has 2 aliphatic carbocycles. The average molecular weight is 275 g/mol. The van der Waals surface area contributed by atoms with Gasteiger partial charge in [-0.3, -0.25) is 4.79 Å². The highest BCUT2D eigenvalue weighted by Crippen LogP contribution is 2.66. The minimum absolute atomic E-state index is 0.121. The first-order chi connectivity index (χ1) is 6.91. The number of fused-ring (bicyclic) bond motifs is 2. The lowest BCUT2D eigenvalue weighted by molar-refractivity contribution is -0.153. The van der Waals surface area contributed by atoms with Gasteiger partial charge >= 0.3 is 5.97 Å². The Balaban J connectivity index is 2.15. The fourth-order valence-electron chi connectivity index (χ4n) is 3.50. The van der Waals surface area contributed by atoms with Crippen LogP contribution in [0, 0.1) is 16.7 Å². The van der Waals surface area contributed by atoms with Gasteiger partial charge in [0.25, 0.3) is 0 Å². The molecule has 0 heterocycles. The molecule has 0 amide bonds. The quantitative estimate of drug-likeness (QED) is 0.571. The molecule has 0 aromatic carbocycles. The molecular weight excluding hydrogens is 256 g/mol. The van der Waals surface area contributed by atoms with Crippen molar-refractivity contribution in [2.75, 3.05) is 5.33 Å². The number of hydrogen-bond acceptors (Lipinski definition) is 2. The Morgan fingerprint density at radius 3 is 2.53 bits per heavy atom. The predicted octanol–water partition coefficient (Wildman–Crippen LogP) is 3.14. The molecule has 2 rings (SSSR count). The fraction of sp³-hybridized carbons (Fsp3) is 0.917. The molecule has 0 saturated heterocycles. The number of carbonyl (C=O) groups is 1. The first kappa shape index (κ1) is 11.4. The van der Waals surface area contributed by atoms with Crippen LogP contribution in [0.1, 0.15) is 40.0 Å². The molecule has 0 spiro atoms. The van der Waals surface area contributed by atoms with Gasteiger partial charge in [0.05, 0.1) is 0 Å². The number of esters is 1. The van der Waals surface area contributed by atoms with Crippen LogP contribution in [0.4, 0.5) is 0 Å². The Morgan fingerprint density at radius 2 is 2.13 bits per heavy atom. The van der Waals surface area contributed by atoms with E-state index in [0.29, 0.717) is 10.7 Å². The van der Waals surface area contributed by atoms with Gasteiger partial charge in [0.2, 0.25) is 0 Å². The highest BCUT2D eigenvalue weighted by Gasteiger charge is 2.62. The number of alkyl halides is 1. The predicted molar refractivity (Wildman–Crippen MR) is 62.9 cm³/mol. The Morgan fingerprint density at radius 1 is 1.47 bits per heavy atom. The van der Waals surface area contributed by atoms with E-state index >= 15 is 0 Å². The van der Waals surface area contributed by atoms with Crippen LogP contribution in [0.5, 0.6) is 0 Å². The summed E-state index contributed by atoms with van der Waals surface area (Å²) >= 11 is 3.15. The molecule has 2 saturated carbocycles. The number of hydrogen-bond donors (Lipinski definition) is 0. The lowest BCUT2D eigenvalue weighted by Gasteiger charge is -2.38. The molecule has 2 bridgehead atoms. The van der Waals surface area contributed by atoms with Gasteiger partial charge in [0.15, 0.2) is 0 Å². The Kier molecular flexibility index (Phi) is 2.65. The molecule has 3 heteroatoms. The highest BCUT2D eigenvalue weighted by atomic mass is 79.9. The second-order valence-corrected chi connectivity index (χ2v) is 6.28. The van der Waals surface area contributed by atoms with Gasteiger partial charge in [-0.05, 0) is 30.6 Å². The van der Waals surface area contributed by atoms with E-state index in [9.17, 15) is 4.79 Å². The van der Waals surface area contributed by atoms with Gasteiger partial charge < -0.3 is 4.74 Å². The van der Waals surface area contributed by atoms with Crippen molar-refractivity contribution in [3.05, 3.63) is 0 Å². The molecule has 0 aliphatic heterocycles. The van der Waals surface area contributed by atoms with Crippen LogP contribution in [0.25, 0.3) is 0 Å². The summed E-state index contributed by atoms with van der Waals surface area (Å²) in [5.74, 6) is 0.611. The van der Waals surface area contributed by atoms with Gasteiger partial charge in [0.1, 0.15) is 11.4 Å². The van der Waals surface area contributed by atoms with E-state index in [1.807, 2.05) is 0 Å². The van der Waals surface area contributed by atoms with Gasteiger partial charge in [-0.15, -0.1) is 0 Å². The highest BCUT2D eigenvalue weighted by molar-refractivity contribution is 9.09. The molecule has 0 aromatic heterocycles. The Hall–Kier alpha value is -0.0500. The molecule has 3 atom stereocenters. The van der Waals surface area contributed by atoms with Gasteiger partial charge in [0, 0.05) is 5.41 Å². The monoisotopic (exact) mass is 274 g/mol. The van der Waals surface area contributed by atoms with E-state index < -0.39 is 0 Å². The number of halogens is 1. The zero-order valence-corrected chi connectivity index (χ0v) is 11.3. The lowest BCUT2D eigenvalue weighted by Crippen LogP contribution is -2.38. The van der Waals surface area contributed by atoms with Gasteiger partial charge in [-0.25, -0.2) is 0 Å². The second-order valence-electron chi connectivity index (χ2n) is 5.72. The number of ether oxygens (including phenoxy) is 1. The normalized spacial score (nSPS) is 41.9. The maximum atomic E-state index is 11.3. The zero-order valence-electron chi connectivity index (χ0n) is 9.68. The molecule has 2 fully saturated rings. The Bertz CT molecular complexity index is 287. The van der Waals surface area contributed by atoms with E-state index in [1.165, 1.54) is 12.8 Å². The van der Waals surface area contributed by atoms with Crippen LogP contribution in [0.2, 0.25) is 0 Å². The third kappa shape index (κ3) is 1.46. The zero-order chi connectivity index (χ0) is 11.3. The van der Waals surface area contributed by atoms with Crippen molar-refractivity contribution >= 4 is 21.9 Å². The molecule has 0 N–H and O–H groups in total. The largest absolute Gasteiger partial charge is 0.461 e. The number of rotatable bonds is 2. The van der Waals surface area contributed by atoms with Crippen molar-refractivity contribution < 1.29 is 9.53 Å². The smallest absolute Gasteiger partial charge is 0.316 e. The van der Waals surface area contributed by atoms with Crippen molar-refractivity contribution in [2.24, 2.45) is 16.7 Å². The van der Waals surface area contributed by atoms with E-state index in [4.69, 9.17) is 4.74 Å². The topological polar surface area (TPSA) is 26.3 Å². The van der Waals surface area contributed by atoms with Crippen LogP contribution in [0.3, 0.4) is 0 Å². The third-order valence-electron chi connectivity index (χ3n) is 5.10. The number of carbonyl (C=O) groups excluding carboxylic acids is 1. The van der Waals surface area contributed by atoms with Crippen LogP contribution < -0.4 is 0 Å². The molecular formula is C12H19BrO2. The minimum atomic E-state index is -0.121. The summed E-state index contributed by atoms with van der Waals surface area (Å²) < 4.78 is 5.55. The van der Waals surface area contributed by atoms with Crippen molar-refractivity contribution in [3.8, 4) is 0 Å². The summed E-state index contributed by atoms with van der Waals surface area (Å²) in [6.07, 6.45) is 3.69. The van der Waals surface area contributed by atoms with Crippen LogP contribution >= 0.6 is 15.9 Å². The third-order valence-corrected chi connectivity index (χ3v) is 5.55. The van der Waals surface area contributed by atoms with E-state index in [2.05, 4.69) is 36.7 Å². The fourth-order valence-corrected chi connectivity index (χ4v) is 3.63. The van der Waals surface area contributed by atoms with Crippen LogP contribution in [-0.2, 0) is 9.53 Å². The van der Waals surface area contributed by atoms with Crippen molar-refractivity contribution in [3.63, 3.8) is 0 Å². The first-order valence-corrected chi connectivity index (χ1v) is 6.79. The molecule has 0 unspecified atom stereocenters. The van der Waals surface area contributed by atoms with Crippen molar-refractivity contribution in [2.45, 2.75) is 46.1 Å². The van der Waals surface area contributed by atoms with E-state index in [1.54, 1.807) is 0 Å². The average Bonchev–Trinajstić information content (AvgIpc) is 2.50. The molecule has 15 heavy (non-hydrogen) atoms. The summed E-state index contributed by atoms with van der Waals surface area (Å²) in [6, 6.07) is 0. The van der Waals surface area contributed by atoms with E-state index in [0.717, 1.165) is 12.3 Å². The summed E-state index contributed by atoms with van der Waals surface area (Å²) in [5, 5.41) is 0.310. The van der Waals surface area contributed by atoms with Crippen LogP contribution in [0.15, 0.2) is 0 Å². The molecule has 0 radical (unpaired) electrons. The SMILES string of the molecule is CC1(C)[C@H]2CC[C@@]1(C)[C@H](OC(=O)CBr)C2. The first-order valence-electron chi connectivity index (χ1n) is 5.67. The standard InChI is InChI=1S/C12H19BrO2/c1-11(2)8-4-5-12(11,3)9(6-8)15-10(14)7-13/h8-9H,4-7H2,1-3H3/t8-,9+,12-/m0/s1. The molecule has 2 aliphatic rings. The minimum Gasteiger partial charge on any atom is -0.461 e. The van der Waals surface area contributed by atoms with Gasteiger partial charge in [-0.2, -0.15) is 0 Å². The molecule has 2 nitrogen and oxygen atoms in total. The lowest BCUT2D eigenvalue weighted by atomic mass is 9.70. The summed E-state index contributed by atoms with van der Waals surface area (Å²) in [7, 11) is 0. The van der Waals surface area contributed by atoms with Crippen molar-refractivity contribution in [1.29, 1.82) is 0 Å². The van der Waals surface area contributed by atoms with E-state index in [-0.39, 0.29) is 17.5 Å². The summed E-state index contributed by atoms with van der Waals surface area (Å²) in [5.41, 5.74) is 0.514. The molecule has 86 valence electrons. The van der Waals surface area contributed by atoms with Crippen LogP contribution in [-0.4, -0.2) is 17.4 Å².